The third-order valence-electron chi connectivity index (χ3n) is 5.31. The van der Waals surface area contributed by atoms with Crippen LogP contribution in [0.4, 0.5) is 5.69 Å². The van der Waals surface area contributed by atoms with Gasteiger partial charge in [0.25, 0.3) is 0 Å². The Morgan fingerprint density at radius 2 is 1.57 bits per heavy atom. The minimum Gasteiger partial charge on any atom is -0.340 e. The summed E-state index contributed by atoms with van der Waals surface area (Å²) in [5.41, 5.74) is 3.23. The molecule has 3 rings (SSSR count). The molecule has 0 saturated carbocycles. The summed E-state index contributed by atoms with van der Waals surface area (Å²) in [4.78, 5) is 30.8. The average molecular weight is 380 g/mol. The quantitative estimate of drug-likeness (QED) is 0.775. The Labute approximate surface area is 167 Å². The number of aryl methyl sites for hydroxylation is 1. The van der Waals surface area contributed by atoms with Crippen LogP contribution >= 0.6 is 0 Å². The van der Waals surface area contributed by atoms with Crippen molar-refractivity contribution in [1.82, 2.24) is 9.80 Å². The first-order valence-corrected chi connectivity index (χ1v) is 9.92. The Morgan fingerprint density at radius 1 is 0.929 bits per heavy atom. The highest BCUT2D eigenvalue weighted by molar-refractivity contribution is 5.93. The molecule has 2 amide bonds. The van der Waals surface area contributed by atoms with Gasteiger partial charge >= 0.3 is 0 Å². The second-order valence-corrected chi connectivity index (χ2v) is 7.35. The molecule has 5 nitrogen and oxygen atoms in total. The van der Waals surface area contributed by atoms with Crippen LogP contribution in [0.1, 0.15) is 24.5 Å². The Bertz CT molecular complexity index is 799. The van der Waals surface area contributed by atoms with Crippen molar-refractivity contribution in [3.05, 3.63) is 65.7 Å². The van der Waals surface area contributed by atoms with Crippen LogP contribution in [0.3, 0.4) is 0 Å². The Morgan fingerprint density at radius 3 is 2.21 bits per heavy atom. The normalized spacial score (nSPS) is 14.7. The molecule has 0 aliphatic carbocycles. The van der Waals surface area contributed by atoms with Gasteiger partial charge in [0.05, 0.1) is 0 Å². The summed E-state index contributed by atoms with van der Waals surface area (Å²) in [6.07, 6.45) is 0.354. The van der Waals surface area contributed by atoms with Crippen molar-refractivity contribution in [1.29, 1.82) is 0 Å². The molecule has 148 valence electrons. The number of benzene rings is 2. The van der Waals surface area contributed by atoms with E-state index in [1.54, 1.807) is 11.8 Å². The Kier molecular flexibility index (Phi) is 6.82. The van der Waals surface area contributed by atoms with Crippen LogP contribution in [0.5, 0.6) is 0 Å². The first-order valence-electron chi connectivity index (χ1n) is 9.92. The van der Waals surface area contributed by atoms with Crippen LogP contribution in [0.25, 0.3) is 0 Å². The lowest BCUT2D eigenvalue weighted by molar-refractivity contribution is -0.132. The number of para-hydroxylation sites is 1. The van der Waals surface area contributed by atoms with Gasteiger partial charge in [0.1, 0.15) is 0 Å². The standard InChI is InChI=1S/C23H29N3O2/c1-19-8-6-7-11-22(19)26(20(2)27)13-12-23(28)25-16-14-24(15-17-25)18-21-9-4-3-5-10-21/h3-11H,12-18H2,1-2H3. The van der Waals surface area contributed by atoms with Gasteiger partial charge in [-0.25, -0.2) is 0 Å². The van der Waals surface area contributed by atoms with Crippen LogP contribution in [-0.2, 0) is 16.1 Å². The van der Waals surface area contributed by atoms with E-state index in [-0.39, 0.29) is 11.8 Å². The SMILES string of the molecule is CC(=O)N(CCC(=O)N1CCN(Cc2ccccc2)CC1)c1ccccc1C. The predicted molar refractivity (Wildman–Crippen MR) is 112 cm³/mol. The summed E-state index contributed by atoms with van der Waals surface area (Å²) in [6, 6.07) is 18.2. The maximum atomic E-state index is 12.7. The highest BCUT2D eigenvalue weighted by Gasteiger charge is 2.22. The van der Waals surface area contributed by atoms with Crippen LogP contribution < -0.4 is 4.90 Å². The van der Waals surface area contributed by atoms with Crippen molar-refractivity contribution >= 4 is 17.5 Å². The lowest BCUT2D eigenvalue weighted by atomic mass is 10.1. The predicted octanol–water partition coefficient (Wildman–Crippen LogP) is 3.08. The number of anilines is 1. The summed E-state index contributed by atoms with van der Waals surface area (Å²) in [6.45, 7) is 8.14. The molecule has 1 aliphatic rings. The zero-order valence-corrected chi connectivity index (χ0v) is 16.8. The fourth-order valence-corrected chi connectivity index (χ4v) is 3.68. The van der Waals surface area contributed by atoms with Gasteiger partial charge in [-0.15, -0.1) is 0 Å². The summed E-state index contributed by atoms with van der Waals surface area (Å²) >= 11 is 0. The maximum Gasteiger partial charge on any atom is 0.224 e. The lowest BCUT2D eigenvalue weighted by Gasteiger charge is -2.35. The third kappa shape index (κ3) is 5.20. The van der Waals surface area contributed by atoms with E-state index in [1.165, 1.54) is 5.56 Å². The summed E-state index contributed by atoms with van der Waals surface area (Å²) < 4.78 is 0. The first kappa shape index (κ1) is 20.1. The average Bonchev–Trinajstić information content (AvgIpc) is 2.70. The summed E-state index contributed by atoms with van der Waals surface area (Å²) in [7, 11) is 0. The molecule has 0 spiro atoms. The molecule has 5 heteroatoms. The Balaban J connectivity index is 1.50. The molecule has 1 saturated heterocycles. The van der Waals surface area contributed by atoms with E-state index in [1.807, 2.05) is 42.2 Å². The van der Waals surface area contributed by atoms with Crippen molar-refractivity contribution in [2.75, 3.05) is 37.6 Å². The zero-order valence-electron chi connectivity index (χ0n) is 16.8. The van der Waals surface area contributed by atoms with E-state index in [0.29, 0.717) is 13.0 Å². The van der Waals surface area contributed by atoms with Crippen LogP contribution in [-0.4, -0.2) is 54.3 Å². The minimum absolute atomic E-state index is 0.0326. The topological polar surface area (TPSA) is 43.9 Å². The van der Waals surface area contributed by atoms with Crippen molar-refractivity contribution in [2.24, 2.45) is 0 Å². The van der Waals surface area contributed by atoms with Gasteiger partial charge in [0, 0.05) is 58.3 Å². The van der Waals surface area contributed by atoms with Gasteiger partial charge < -0.3 is 9.80 Å². The summed E-state index contributed by atoms with van der Waals surface area (Å²) in [5.74, 6) is 0.0916. The molecule has 0 N–H and O–H groups in total. The largest absolute Gasteiger partial charge is 0.340 e. The highest BCUT2D eigenvalue weighted by atomic mass is 16.2. The second-order valence-electron chi connectivity index (χ2n) is 7.35. The molecule has 0 unspecified atom stereocenters. The minimum atomic E-state index is -0.0326. The van der Waals surface area contributed by atoms with E-state index < -0.39 is 0 Å². The fourth-order valence-electron chi connectivity index (χ4n) is 3.68. The van der Waals surface area contributed by atoms with Gasteiger partial charge in [0.15, 0.2) is 0 Å². The van der Waals surface area contributed by atoms with Gasteiger partial charge in [-0.3, -0.25) is 14.5 Å². The molecule has 2 aromatic carbocycles. The number of piperazine rings is 1. The van der Waals surface area contributed by atoms with Gasteiger partial charge in [-0.2, -0.15) is 0 Å². The maximum absolute atomic E-state index is 12.7. The molecule has 0 bridgehead atoms. The van der Waals surface area contributed by atoms with Crippen molar-refractivity contribution in [3.63, 3.8) is 0 Å². The van der Waals surface area contributed by atoms with Crippen molar-refractivity contribution in [3.8, 4) is 0 Å². The molecule has 0 atom stereocenters. The molecular formula is C23H29N3O2. The summed E-state index contributed by atoms with van der Waals surface area (Å²) in [5, 5.41) is 0. The number of carbonyl (C=O) groups is 2. The van der Waals surface area contributed by atoms with Crippen molar-refractivity contribution < 1.29 is 9.59 Å². The molecular weight excluding hydrogens is 350 g/mol. The molecule has 28 heavy (non-hydrogen) atoms. The van der Waals surface area contributed by atoms with E-state index in [0.717, 1.165) is 44.0 Å². The molecule has 2 aromatic rings. The van der Waals surface area contributed by atoms with Gasteiger partial charge in [-0.05, 0) is 24.1 Å². The lowest BCUT2D eigenvalue weighted by Crippen LogP contribution is -2.49. The molecule has 0 aromatic heterocycles. The monoisotopic (exact) mass is 379 g/mol. The highest BCUT2D eigenvalue weighted by Crippen LogP contribution is 2.20. The van der Waals surface area contributed by atoms with Crippen molar-refractivity contribution in [2.45, 2.75) is 26.8 Å². The fraction of sp³-hybridized carbons (Fsp3) is 0.391. The number of nitrogens with zero attached hydrogens (tertiary/aromatic N) is 3. The number of hydrogen-bond acceptors (Lipinski definition) is 3. The Hall–Kier alpha value is -2.66. The number of carbonyl (C=O) groups excluding carboxylic acids is 2. The van der Waals surface area contributed by atoms with E-state index in [2.05, 4.69) is 29.2 Å². The zero-order chi connectivity index (χ0) is 19.9. The second kappa shape index (κ2) is 9.51. The van der Waals surface area contributed by atoms with E-state index in [9.17, 15) is 9.59 Å². The first-order chi connectivity index (χ1) is 13.5. The van der Waals surface area contributed by atoms with Gasteiger partial charge in [0.2, 0.25) is 11.8 Å². The molecule has 1 fully saturated rings. The van der Waals surface area contributed by atoms with E-state index >= 15 is 0 Å². The van der Waals surface area contributed by atoms with Crippen LogP contribution in [0, 0.1) is 6.92 Å². The number of hydrogen-bond donors (Lipinski definition) is 0. The third-order valence-corrected chi connectivity index (χ3v) is 5.31. The number of amides is 2. The van der Waals surface area contributed by atoms with Gasteiger partial charge in [-0.1, -0.05) is 48.5 Å². The molecule has 0 radical (unpaired) electrons. The van der Waals surface area contributed by atoms with Crippen LogP contribution in [0.2, 0.25) is 0 Å². The molecule has 1 heterocycles. The molecule has 1 aliphatic heterocycles. The van der Waals surface area contributed by atoms with Crippen LogP contribution in [0.15, 0.2) is 54.6 Å². The van der Waals surface area contributed by atoms with E-state index in [4.69, 9.17) is 0 Å². The number of rotatable bonds is 6. The smallest absolute Gasteiger partial charge is 0.224 e.